The number of halogens is 2. The van der Waals surface area contributed by atoms with Crippen LogP contribution in [0.1, 0.15) is 29.3 Å². The van der Waals surface area contributed by atoms with E-state index in [1.165, 1.54) is 0 Å². The molecule has 0 spiro atoms. The third-order valence-electron chi connectivity index (χ3n) is 2.64. The van der Waals surface area contributed by atoms with Gasteiger partial charge in [-0.3, -0.25) is 4.79 Å². The van der Waals surface area contributed by atoms with Crippen molar-refractivity contribution in [3.8, 4) is 0 Å². The summed E-state index contributed by atoms with van der Waals surface area (Å²) in [6.07, 6.45) is 0.964. The lowest BCUT2D eigenvalue weighted by molar-refractivity contribution is 0.0765. The van der Waals surface area contributed by atoms with Gasteiger partial charge in [-0.25, -0.2) is 0 Å². The minimum Gasteiger partial charge on any atom is -0.339 e. The highest BCUT2D eigenvalue weighted by Gasteiger charge is 2.14. The van der Waals surface area contributed by atoms with Gasteiger partial charge in [-0.2, -0.15) is 0 Å². The third kappa shape index (κ3) is 4.00. The largest absolute Gasteiger partial charge is 0.339 e. The first-order valence-electron chi connectivity index (χ1n) is 5.71. The second kappa shape index (κ2) is 7.02. The molecule has 94 valence electrons. The highest BCUT2D eigenvalue weighted by molar-refractivity contribution is 9.09. The van der Waals surface area contributed by atoms with Gasteiger partial charge in [0, 0.05) is 29.0 Å². The molecule has 0 atom stereocenters. The number of amides is 1. The van der Waals surface area contributed by atoms with Crippen LogP contribution in [0.3, 0.4) is 0 Å². The molecule has 0 heterocycles. The summed E-state index contributed by atoms with van der Waals surface area (Å²) in [4.78, 5) is 14.1. The fourth-order valence-electron chi connectivity index (χ4n) is 1.61. The van der Waals surface area contributed by atoms with E-state index in [2.05, 4.69) is 15.9 Å². The Morgan fingerprint density at radius 1 is 1.47 bits per heavy atom. The molecule has 0 saturated carbocycles. The maximum atomic E-state index is 12.2. The molecule has 0 bridgehead atoms. The van der Waals surface area contributed by atoms with Crippen LogP contribution in [0.15, 0.2) is 18.2 Å². The van der Waals surface area contributed by atoms with Crippen molar-refractivity contribution in [3.05, 3.63) is 34.3 Å². The molecule has 17 heavy (non-hydrogen) atoms. The molecule has 1 aromatic rings. The molecule has 2 nitrogen and oxygen atoms in total. The molecule has 0 aliphatic heterocycles. The zero-order chi connectivity index (χ0) is 12.8. The van der Waals surface area contributed by atoms with Gasteiger partial charge in [0.05, 0.1) is 0 Å². The van der Waals surface area contributed by atoms with E-state index in [0.29, 0.717) is 10.6 Å². The van der Waals surface area contributed by atoms with Crippen LogP contribution in [-0.4, -0.2) is 29.2 Å². The monoisotopic (exact) mass is 317 g/mol. The Morgan fingerprint density at radius 3 is 2.71 bits per heavy atom. The van der Waals surface area contributed by atoms with Gasteiger partial charge in [0.1, 0.15) is 0 Å². The molecular weight excluding hydrogens is 302 g/mol. The normalized spacial score (nSPS) is 10.4. The van der Waals surface area contributed by atoms with Crippen molar-refractivity contribution >= 4 is 33.4 Å². The van der Waals surface area contributed by atoms with E-state index < -0.39 is 0 Å². The number of carbonyl (C=O) groups excluding carboxylic acids is 1. The van der Waals surface area contributed by atoms with E-state index >= 15 is 0 Å². The Balaban J connectivity index is 2.82. The van der Waals surface area contributed by atoms with E-state index in [-0.39, 0.29) is 5.91 Å². The van der Waals surface area contributed by atoms with Gasteiger partial charge >= 0.3 is 0 Å². The van der Waals surface area contributed by atoms with E-state index in [1.54, 1.807) is 12.1 Å². The summed E-state index contributed by atoms with van der Waals surface area (Å²) in [6, 6.07) is 5.42. The van der Waals surface area contributed by atoms with Crippen LogP contribution in [0.25, 0.3) is 0 Å². The van der Waals surface area contributed by atoms with Crippen molar-refractivity contribution in [2.24, 2.45) is 0 Å². The predicted octanol–water partition coefficient (Wildman–Crippen LogP) is 3.90. The molecule has 4 heteroatoms. The van der Waals surface area contributed by atoms with Gasteiger partial charge in [-0.15, -0.1) is 0 Å². The van der Waals surface area contributed by atoms with Gasteiger partial charge in [0.2, 0.25) is 0 Å². The maximum Gasteiger partial charge on any atom is 0.253 e. The van der Waals surface area contributed by atoms with E-state index in [1.807, 2.05) is 24.8 Å². The van der Waals surface area contributed by atoms with Crippen LogP contribution >= 0.6 is 27.5 Å². The number of aryl methyl sites for hydroxylation is 1. The number of hydrogen-bond donors (Lipinski definition) is 0. The van der Waals surface area contributed by atoms with Crippen molar-refractivity contribution in [1.29, 1.82) is 0 Å². The molecule has 0 aromatic heterocycles. The fourth-order valence-corrected chi connectivity index (χ4v) is 1.98. The molecule has 0 aliphatic rings. The van der Waals surface area contributed by atoms with Crippen LogP contribution in [0.5, 0.6) is 0 Å². The zero-order valence-corrected chi connectivity index (χ0v) is 12.5. The van der Waals surface area contributed by atoms with Crippen molar-refractivity contribution in [2.75, 3.05) is 18.4 Å². The van der Waals surface area contributed by atoms with Gasteiger partial charge < -0.3 is 4.90 Å². The number of carbonyl (C=O) groups is 1. The number of nitrogens with zero attached hydrogens (tertiary/aromatic N) is 1. The highest BCUT2D eigenvalue weighted by atomic mass is 79.9. The number of alkyl halides is 1. The SMILES string of the molecule is CCN(CCCBr)C(=O)c1ccc(Cl)c(C)c1. The Labute approximate surface area is 116 Å². The highest BCUT2D eigenvalue weighted by Crippen LogP contribution is 2.17. The molecule has 1 amide bonds. The summed E-state index contributed by atoms with van der Waals surface area (Å²) in [5, 5.41) is 1.61. The van der Waals surface area contributed by atoms with Crippen molar-refractivity contribution in [3.63, 3.8) is 0 Å². The Bertz CT molecular complexity index is 395. The Kier molecular flexibility index (Phi) is 6.00. The first-order chi connectivity index (χ1) is 8.10. The molecule has 0 N–H and O–H groups in total. The first-order valence-corrected chi connectivity index (χ1v) is 7.21. The summed E-state index contributed by atoms with van der Waals surface area (Å²) in [7, 11) is 0. The summed E-state index contributed by atoms with van der Waals surface area (Å²) < 4.78 is 0. The van der Waals surface area contributed by atoms with E-state index in [9.17, 15) is 4.79 Å². The molecule has 0 saturated heterocycles. The van der Waals surface area contributed by atoms with Crippen LogP contribution in [-0.2, 0) is 0 Å². The average Bonchev–Trinajstić information content (AvgIpc) is 2.33. The minimum absolute atomic E-state index is 0.0771. The number of hydrogen-bond acceptors (Lipinski definition) is 1. The molecule has 0 fully saturated rings. The molecule has 0 unspecified atom stereocenters. The minimum atomic E-state index is 0.0771. The molecule has 0 radical (unpaired) electrons. The van der Waals surface area contributed by atoms with Crippen molar-refractivity contribution in [1.82, 2.24) is 4.90 Å². The van der Waals surface area contributed by atoms with Gasteiger partial charge in [0.15, 0.2) is 0 Å². The van der Waals surface area contributed by atoms with Crippen LogP contribution in [0.2, 0.25) is 5.02 Å². The van der Waals surface area contributed by atoms with Crippen LogP contribution in [0.4, 0.5) is 0 Å². The zero-order valence-electron chi connectivity index (χ0n) is 10.2. The lowest BCUT2D eigenvalue weighted by Crippen LogP contribution is -2.32. The Morgan fingerprint density at radius 2 is 2.18 bits per heavy atom. The van der Waals surface area contributed by atoms with Gasteiger partial charge in [-0.05, 0) is 44.0 Å². The van der Waals surface area contributed by atoms with Gasteiger partial charge in [-0.1, -0.05) is 27.5 Å². The molecule has 1 aromatic carbocycles. The van der Waals surface area contributed by atoms with Crippen molar-refractivity contribution in [2.45, 2.75) is 20.3 Å². The summed E-state index contributed by atoms with van der Waals surface area (Å²) in [6.45, 7) is 5.42. The predicted molar refractivity (Wildman–Crippen MR) is 76.2 cm³/mol. The second-order valence-electron chi connectivity index (χ2n) is 3.89. The summed E-state index contributed by atoms with van der Waals surface area (Å²) in [5.74, 6) is 0.0771. The molecular formula is C13H17BrClNO. The quantitative estimate of drug-likeness (QED) is 0.754. The summed E-state index contributed by atoms with van der Waals surface area (Å²) in [5.41, 5.74) is 1.65. The second-order valence-corrected chi connectivity index (χ2v) is 5.09. The Hall–Kier alpha value is -0.540. The summed E-state index contributed by atoms with van der Waals surface area (Å²) >= 11 is 9.33. The fraction of sp³-hybridized carbons (Fsp3) is 0.462. The standard InChI is InChI=1S/C13H17BrClNO/c1-3-16(8-4-7-14)13(17)11-5-6-12(15)10(2)9-11/h5-6,9H,3-4,7-8H2,1-2H3. The van der Waals surface area contributed by atoms with Crippen molar-refractivity contribution < 1.29 is 4.79 Å². The van der Waals surface area contributed by atoms with Gasteiger partial charge in [0.25, 0.3) is 5.91 Å². The first kappa shape index (κ1) is 14.5. The number of benzene rings is 1. The topological polar surface area (TPSA) is 20.3 Å². The van der Waals surface area contributed by atoms with Crippen LogP contribution in [0, 0.1) is 6.92 Å². The average molecular weight is 319 g/mol. The smallest absolute Gasteiger partial charge is 0.253 e. The third-order valence-corrected chi connectivity index (χ3v) is 3.62. The lowest BCUT2D eigenvalue weighted by atomic mass is 10.1. The maximum absolute atomic E-state index is 12.2. The molecule has 0 aliphatic carbocycles. The van der Waals surface area contributed by atoms with E-state index in [0.717, 1.165) is 30.4 Å². The number of rotatable bonds is 5. The van der Waals surface area contributed by atoms with E-state index in [4.69, 9.17) is 11.6 Å². The molecule has 1 rings (SSSR count). The van der Waals surface area contributed by atoms with Crippen LogP contribution < -0.4 is 0 Å². The lowest BCUT2D eigenvalue weighted by Gasteiger charge is -2.20.